The highest BCUT2D eigenvalue weighted by Gasteiger charge is 2.10. The zero-order valence-electron chi connectivity index (χ0n) is 11.2. The van der Waals surface area contributed by atoms with Crippen LogP contribution in [0.25, 0.3) is 0 Å². The maximum atomic E-state index is 11.3. The number of carbonyl (C=O) groups excluding carboxylic acids is 1. The molecule has 106 valence electrons. The molecule has 0 bridgehead atoms. The maximum Gasteiger partial charge on any atom is 0.248 e. The average molecular weight is 284 g/mol. The molecule has 2 rings (SSSR count). The van der Waals surface area contributed by atoms with E-state index in [9.17, 15) is 4.79 Å². The third kappa shape index (κ3) is 3.19. The number of nitrogen functional groups attached to an aromatic ring is 1. The molecule has 21 heavy (non-hydrogen) atoms. The van der Waals surface area contributed by atoms with Gasteiger partial charge in [0, 0.05) is 17.8 Å². The second kappa shape index (κ2) is 5.79. The lowest BCUT2D eigenvalue weighted by Crippen LogP contribution is -2.11. The zero-order valence-corrected chi connectivity index (χ0v) is 11.2. The molecule has 0 radical (unpaired) electrons. The standard InChI is InChI=1S/C14H12N4O3/c1-20-10-3-9(13(17)19)4-11(5-10)21-14-12(16)2-8(6-15)7-18-14/h2-5,7H,16H2,1H3,(H2,17,19). The average Bonchev–Trinajstić information content (AvgIpc) is 2.48. The van der Waals surface area contributed by atoms with Crippen LogP contribution in [0.4, 0.5) is 5.69 Å². The van der Waals surface area contributed by atoms with E-state index >= 15 is 0 Å². The summed E-state index contributed by atoms with van der Waals surface area (Å²) in [5.41, 5.74) is 11.8. The molecule has 0 unspecified atom stereocenters. The van der Waals surface area contributed by atoms with Crippen molar-refractivity contribution in [2.45, 2.75) is 0 Å². The quantitative estimate of drug-likeness (QED) is 0.875. The van der Waals surface area contributed by atoms with Crippen LogP contribution in [0, 0.1) is 11.3 Å². The minimum absolute atomic E-state index is 0.123. The molecule has 0 aliphatic heterocycles. The molecule has 0 saturated heterocycles. The van der Waals surface area contributed by atoms with E-state index in [1.807, 2.05) is 6.07 Å². The summed E-state index contributed by atoms with van der Waals surface area (Å²) in [4.78, 5) is 15.2. The summed E-state index contributed by atoms with van der Waals surface area (Å²) >= 11 is 0. The van der Waals surface area contributed by atoms with Crippen molar-refractivity contribution in [2.75, 3.05) is 12.8 Å². The van der Waals surface area contributed by atoms with Gasteiger partial charge in [-0.15, -0.1) is 0 Å². The summed E-state index contributed by atoms with van der Waals surface area (Å²) in [5.74, 6) is 0.220. The predicted molar refractivity (Wildman–Crippen MR) is 75.0 cm³/mol. The number of amides is 1. The third-order valence-electron chi connectivity index (χ3n) is 2.62. The Bertz CT molecular complexity index is 737. The van der Waals surface area contributed by atoms with E-state index < -0.39 is 5.91 Å². The van der Waals surface area contributed by atoms with E-state index in [0.717, 1.165) is 0 Å². The van der Waals surface area contributed by atoms with Gasteiger partial charge >= 0.3 is 0 Å². The molecule has 4 N–H and O–H groups in total. The Morgan fingerprint density at radius 2 is 2.00 bits per heavy atom. The fraction of sp³-hybridized carbons (Fsp3) is 0.0714. The van der Waals surface area contributed by atoms with E-state index in [4.69, 9.17) is 26.2 Å². The first kappa shape index (κ1) is 14.1. The van der Waals surface area contributed by atoms with Gasteiger partial charge in [-0.2, -0.15) is 5.26 Å². The SMILES string of the molecule is COc1cc(Oc2ncc(C#N)cc2N)cc(C(N)=O)c1. The first-order valence-electron chi connectivity index (χ1n) is 5.86. The zero-order chi connectivity index (χ0) is 15.4. The molecule has 0 atom stereocenters. The normalized spacial score (nSPS) is 9.71. The highest BCUT2D eigenvalue weighted by molar-refractivity contribution is 5.93. The molecule has 1 heterocycles. The van der Waals surface area contributed by atoms with Crippen LogP contribution in [0.3, 0.4) is 0 Å². The molecule has 0 fully saturated rings. The van der Waals surface area contributed by atoms with Gasteiger partial charge in [0.1, 0.15) is 17.6 Å². The topological polar surface area (TPSA) is 124 Å². The Hall–Kier alpha value is -3.27. The molecule has 1 aromatic heterocycles. The summed E-state index contributed by atoms with van der Waals surface area (Å²) in [6.07, 6.45) is 1.33. The number of anilines is 1. The molecule has 7 heteroatoms. The number of carbonyl (C=O) groups is 1. The molecule has 2 aromatic rings. The van der Waals surface area contributed by atoms with Gasteiger partial charge in [0.2, 0.25) is 11.8 Å². The van der Waals surface area contributed by atoms with Crippen molar-refractivity contribution >= 4 is 11.6 Å². The number of primary amides is 1. The number of hydrogen-bond acceptors (Lipinski definition) is 6. The number of nitrogens with two attached hydrogens (primary N) is 2. The number of hydrogen-bond donors (Lipinski definition) is 2. The number of pyridine rings is 1. The summed E-state index contributed by atoms with van der Waals surface area (Å²) in [6.45, 7) is 0. The van der Waals surface area contributed by atoms with Crippen molar-refractivity contribution in [1.82, 2.24) is 4.98 Å². The highest BCUT2D eigenvalue weighted by atomic mass is 16.5. The van der Waals surface area contributed by atoms with Crippen LogP contribution in [0.15, 0.2) is 30.5 Å². The van der Waals surface area contributed by atoms with Crippen molar-refractivity contribution in [3.63, 3.8) is 0 Å². The molecule has 0 spiro atoms. The minimum Gasteiger partial charge on any atom is -0.497 e. The van der Waals surface area contributed by atoms with Crippen molar-refractivity contribution in [3.8, 4) is 23.4 Å². The minimum atomic E-state index is -0.612. The first-order valence-corrected chi connectivity index (χ1v) is 5.86. The Balaban J connectivity index is 2.37. The number of aromatic nitrogens is 1. The van der Waals surface area contributed by atoms with E-state index in [1.54, 1.807) is 6.07 Å². The van der Waals surface area contributed by atoms with E-state index in [1.165, 1.54) is 31.5 Å². The van der Waals surface area contributed by atoms with Gasteiger partial charge in [-0.05, 0) is 18.2 Å². The largest absolute Gasteiger partial charge is 0.497 e. The predicted octanol–water partition coefficient (Wildman–Crippen LogP) is 1.44. The Morgan fingerprint density at radius 1 is 1.29 bits per heavy atom. The Labute approximate surface area is 120 Å². The van der Waals surface area contributed by atoms with Crippen LogP contribution < -0.4 is 20.9 Å². The lowest BCUT2D eigenvalue weighted by molar-refractivity contribution is 0.0999. The molecular formula is C14H12N4O3. The summed E-state index contributed by atoms with van der Waals surface area (Å²) in [6, 6.07) is 7.86. The molecular weight excluding hydrogens is 272 g/mol. The number of ether oxygens (including phenoxy) is 2. The van der Waals surface area contributed by atoms with E-state index in [0.29, 0.717) is 17.1 Å². The summed E-state index contributed by atoms with van der Waals surface area (Å²) < 4.78 is 10.6. The van der Waals surface area contributed by atoms with Crippen LogP contribution in [0.1, 0.15) is 15.9 Å². The van der Waals surface area contributed by atoms with E-state index in [-0.39, 0.29) is 17.1 Å². The van der Waals surface area contributed by atoms with Gasteiger partial charge in [-0.1, -0.05) is 0 Å². The Kier molecular flexibility index (Phi) is 3.90. The molecule has 0 aliphatic carbocycles. The number of methoxy groups -OCH3 is 1. The smallest absolute Gasteiger partial charge is 0.248 e. The third-order valence-corrected chi connectivity index (χ3v) is 2.62. The van der Waals surface area contributed by atoms with Crippen LogP contribution in [0.2, 0.25) is 0 Å². The number of nitriles is 1. The lowest BCUT2D eigenvalue weighted by Gasteiger charge is -2.10. The fourth-order valence-corrected chi connectivity index (χ4v) is 1.62. The van der Waals surface area contributed by atoms with Gasteiger partial charge in [0.05, 0.1) is 18.4 Å². The van der Waals surface area contributed by atoms with Gasteiger partial charge in [-0.25, -0.2) is 4.98 Å². The second-order valence-electron chi connectivity index (χ2n) is 4.09. The van der Waals surface area contributed by atoms with Crippen molar-refractivity contribution in [2.24, 2.45) is 5.73 Å². The number of nitrogens with zero attached hydrogens (tertiary/aromatic N) is 2. The Morgan fingerprint density at radius 3 is 2.57 bits per heavy atom. The van der Waals surface area contributed by atoms with Crippen LogP contribution >= 0.6 is 0 Å². The second-order valence-corrected chi connectivity index (χ2v) is 4.09. The first-order chi connectivity index (χ1) is 10.0. The molecule has 1 amide bonds. The molecule has 0 saturated carbocycles. The van der Waals surface area contributed by atoms with Crippen LogP contribution in [0.5, 0.6) is 17.4 Å². The van der Waals surface area contributed by atoms with Crippen molar-refractivity contribution in [3.05, 3.63) is 41.6 Å². The van der Waals surface area contributed by atoms with Crippen LogP contribution in [-0.4, -0.2) is 18.0 Å². The van der Waals surface area contributed by atoms with E-state index in [2.05, 4.69) is 4.98 Å². The van der Waals surface area contributed by atoms with Gasteiger partial charge in [0.25, 0.3) is 0 Å². The molecule has 1 aromatic carbocycles. The van der Waals surface area contributed by atoms with Crippen molar-refractivity contribution < 1.29 is 14.3 Å². The highest BCUT2D eigenvalue weighted by Crippen LogP contribution is 2.29. The number of benzene rings is 1. The fourth-order valence-electron chi connectivity index (χ4n) is 1.62. The lowest BCUT2D eigenvalue weighted by atomic mass is 10.2. The maximum absolute atomic E-state index is 11.3. The van der Waals surface area contributed by atoms with Gasteiger partial charge in [0.15, 0.2) is 0 Å². The summed E-state index contributed by atoms with van der Waals surface area (Å²) in [5, 5.41) is 8.75. The number of rotatable bonds is 4. The van der Waals surface area contributed by atoms with Gasteiger partial charge in [-0.3, -0.25) is 4.79 Å². The van der Waals surface area contributed by atoms with Crippen LogP contribution in [-0.2, 0) is 0 Å². The summed E-state index contributed by atoms with van der Waals surface area (Å²) in [7, 11) is 1.46. The monoisotopic (exact) mass is 284 g/mol. The van der Waals surface area contributed by atoms with Crippen molar-refractivity contribution in [1.29, 1.82) is 5.26 Å². The molecule has 0 aliphatic rings. The van der Waals surface area contributed by atoms with Gasteiger partial charge < -0.3 is 20.9 Å². The molecule has 7 nitrogen and oxygen atoms in total.